The molecule has 4 aromatic rings. The monoisotopic (exact) mass is 364 g/mol. The summed E-state index contributed by atoms with van der Waals surface area (Å²) in [5.41, 5.74) is 7.39. The van der Waals surface area contributed by atoms with Crippen molar-refractivity contribution < 1.29 is 9.53 Å². The zero-order chi connectivity index (χ0) is 19.3. The molecule has 4 rings (SSSR count). The van der Waals surface area contributed by atoms with Crippen molar-refractivity contribution in [2.45, 2.75) is 0 Å². The molecule has 2 heteroatoms. The van der Waals surface area contributed by atoms with Gasteiger partial charge in [-0.15, -0.1) is 0 Å². The highest BCUT2D eigenvalue weighted by molar-refractivity contribution is 5.90. The molecule has 0 bridgehead atoms. The highest BCUT2D eigenvalue weighted by Gasteiger charge is 2.09. The zero-order valence-electron chi connectivity index (χ0n) is 15.6. The Morgan fingerprint density at radius 1 is 0.536 bits per heavy atom. The van der Waals surface area contributed by atoms with Gasteiger partial charge in [-0.2, -0.15) is 0 Å². The van der Waals surface area contributed by atoms with Gasteiger partial charge in [-0.1, -0.05) is 72.8 Å². The quantitative estimate of drug-likeness (QED) is 0.388. The summed E-state index contributed by atoms with van der Waals surface area (Å²) in [6, 6.07) is 34.9. The Labute approximate surface area is 165 Å². The Balaban J connectivity index is 1.83. The van der Waals surface area contributed by atoms with Crippen molar-refractivity contribution in [1.82, 2.24) is 0 Å². The summed E-state index contributed by atoms with van der Waals surface area (Å²) in [6.07, 6.45) is 0. The van der Waals surface area contributed by atoms with Gasteiger partial charge in [0.1, 0.15) is 0 Å². The van der Waals surface area contributed by atoms with Crippen LogP contribution in [0.15, 0.2) is 103 Å². The minimum atomic E-state index is -0.324. The van der Waals surface area contributed by atoms with Crippen molar-refractivity contribution in [3.05, 3.63) is 109 Å². The molecule has 0 aromatic heterocycles. The third kappa shape index (κ3) is 3.72. The number of esters is 1. The molecule has 0 aliphatic carbocycles. The van der Waals surface area contributed by atoms with Crippen molar-refractivity contribution in [3.63, 3.8) is 0 Å². The summed E-state index contributed by atoms with van der Waals surface area (Å²) >= 11 is 0. The second-order valence-electron chi connectivity index (χ2n) is 6.60. The van der Waals surface area contributed by atoms with E-state index in [1.807, 2.05) is 24.3 Å². The van der Waals surface area contributed by atoms with Gasteiger partial charge in [0, 0.05) is 0 Å². The third-order valence-electron chi connectivity index (χ3n) is 4.79. The van der Waals surface area contributed by atoms with Gasteiger partial charge in [0.25, 0.3) is 0 Å². The van der Waals surface area contributed by atoms with Crippen LogP contribution < -0.4 is 0 Å². The van der Waals surface area contributed by atoms with E-state index in [4.69, 9.17) is 4.74 Å². The average Bonchev–Trinajstić information content (AvgIpc) is 2.79. The van der Waals surface area contributed by atoms with Crippen LogP contribution in [-0.2, 0) is 4.74 Å². The summed E-state index contributed by atoms with van der Waals surface area (Å²) in [4.78, 5) is 11.7. The summed E-state index contributed by atoms with van der Waals surface area (Å²) in [5, 5.41) is 0. The summed E-state index contributed by atoms with van der Waals surface area (Å²) in [5.74, 6) is -0.324. The Hall–Kier alpha value is -3.65. The van der Waals surface area contributed by atoms with E-state index in [-0.39, 0.29) is 5.97 Å². The molecule has 0 heterocycles. The third-order valence-corrected chi connectivity index (χ3v) is 4.79. The first-order valence-electron chi connectivity index (χ1n) is 9.19. The molecule has 2 nitrogen and oxygen atoms in total. The van der Waals surface area contributed by atoms with E-state index in [1.165, 1.54) is 18.2 Å². The van der Waals surface area contributed by atoms with Crippen LogP contribution in [0.2, 0.25) is 0 Å². The lowest BCUT2D eigenvalue weighted by molar-refractivity contribution is 0.0601. The SMILES string of the molecule is COC(=O)c1ccc(-c2cc(-c3ccccc3)cc(-c3ccccc3)c2)cc1. The highest BCUT2D eigenvalue weighted by Crippen LogP contribution is 2.33. The molecule has 4 aromatic carbocycles. The maximum absolute atomic E-state index is 11.7. The molecular formula is C26H20O2. The average molecular weight is 364 g/mol. The Morgan fingerprint density at radius 3 is 1.32 bits per heavy atom. The van der Waals surface area contributed by atoms with Crippen LogP contribution in [0.4, 0.5) is 0 Å². The van der Waals surface area contributed by atoms with E-state index in [0.717, 1.165) is 22.3 Å². The van der Waals surface area contributed by atoms with Crippen molar-refractivity contribution in [1.29, 1.82) is 0 Å². The lowest BCUT2D eigenvalue weighted by Gasteiger charge is -2.11. The number of methoxy groups -OCH3 is 1. The van der Waals surface area contributed by atoms with Crippen LogP contribution in [0.3, 0.4) is 0 Å². The van der Waals surface area contributed by atoms with Crippen molar-refractivity contribution in [2.75, 3.05) is 7.11 Å². The van der Waals surface area contributed by atoms with Gasteiger partial charge < -0.3 is 4.74 Å². The van der Waals surface area contributed by atoms with Gasteiger partial charge in [-0.3, -0.25) is 0 Å². The first-order valence-corrected chi connectivity index (χ1v) is 9.19. The topological polar surface area (TPSA) is 26.3 Å². The lowest BCUT2D eigenvalue weighted by Crippen LogP contribution is -2.00. The molecule has 0 radical (unpaired) electrons. The molecule has 0 atom stereocenters. The predicted molar refractivity (Wildman–Crippen MR) is 114 cm³/mol. The second-order valence-corrected chi connectivity index (χ2v) is 6.60. The molecule has 0 aliphatic heterocycles. The smallest absolute Gasteiger partial charge is 0.337 e. The van der Waals surface area contributed by atoms with Gasteiger partial charge in [0.15, 0.2) is 0 Å². The second kappa shape index (κ2) is 7.93. The lowest BCUT2D eigenvalue weighted by atomic mass is 9.93. The van der Waals surface area contributed by atoms with Gasteiger partial charge in [0.05, 0.1) is 12.7 Å². The molecule has 28 heavy (non-hydrogen) atoms. The fraction of sp³-hybridized carbons (Fsp3) is 0.0385. The first-order chi connectivity index (χ1) is 13.7. The first kappa shape index (κ1) is 17.7. The fourth-order valence-corrected chi connectivity index (χ4v) is 3.31. The van der Waals surface area contributed by atoms with Gasteiger partial charge in [-0.25, -0.2) is 4.79 Å². The van der Waals surface area contributed by atoms with E-state index >= 15 is 0 Å². The van der Waals surface area contributed by atoms with Crippen LogP contribution in [0.5, 0.6) is 0 Å². The number of carbonyl (C=O) groups excluding carboxylic acids is 1. The van der Waals surface area contributed by atoms with Gasteiger partial charge in [-0.05, 0) is 63.7 Å². The molecule has 136 valence electrons. The zero-order valence-corrected chi connectivity index (χ0v) is 15.6. The maximum atomic E-state index is 11.7. The van der Waals surface area contributed by atoms with Crippen molar-refractivity contribution in [2.24, 2.45) is 0 Å². The Kier molecular flexibility index (Phi) is 5.03. The number of rotatable bonds is 4. The molecule has 0 unspecified atom stereocenters. The van der Waals surface area contributed by atoms with E-state index in [0.29, 0.717) is 5.56 Å². The van der Waals surface area contributed by atoms with E-state index in [1.54, 1.807) is 12.1 Å². The van der Waals surface area contributed by atoms with E-state index < -0.39 is 0 Å². The number of ether oxygens (including phenoxy) is 1. The summed E-state index contributed by atoms with van der Waals surface area (Å²) in [6.45, 7) is 0. The van der Waals surface area contributed by atoms with Crippen LogP contribution in [0, 0.1) is 0 Å². The van der Waals surface area contributed by atoms with Crippen molar-refractivity contribution >= 4 is 5.97 Å². The maximum Gasteiger partial charge on any atom is 0.337 e. The Bertz CT molecular complexity index is 1020. The van der Waals surface area contributed by atoms with Gasteiger partial charge in [0.2, 0.25) is 0 Å². The molecule has 0 saturated heterocycles. The van der Waals surface area contributed by atoms with Crippen LogP contribution in [-0.4, -0.2) is 13.1 Å². The van der Waals surface area contributed by atoms with Crippen LogP contribution in [0.1, 0.15) is 10.4 Å². The predicted octanol–water partition coefficient (Wildman–Crippen LogP) is 6.47. The largest absolute Gasteiger partial charge is 0.465 e. The molecule has 0 amide bonds. The minimum absolute atomic E-state index is 0.324. The molecule has 0 fully saturated rings. The number of carbonyl (C=O) groups is 1. The molecule has 0 N–H and O–H groups in total. The molecule has 0 spiro atoms. The Morgan fingerprint density at radius 2 is 0.929 bits per heavy atom. The molecule has 0 aliphatic rings. The number of hydrogen-bond donors (Lipinski definition) is 0. The number of benzene rings is 4. The summed E-state index contributed by atoms with van der Waals surface area (Å²) < 4.78 is 4.80. The minimum Gasteiger partial charge on any atom is -0.465 e. The molecule has 0 saturated carbocycles. The molecular weight excluding hydrogens is 344 g/mol. The number of hydrogen-bond acceptors (Lipinski definition) is 2. The van der Waals surface area contributed by atoms with E-state index in [2.05, 4.69) is 66.7 Å². The van der Waals surface area contributed by atoms with E-state index in [9.17, 15) is 4.79 Å². The normalized spacial score (nSPS) is 10.5. The van der Waals surface area contributed by atoms with Gasteiger partial charge >= 0.3 is 5.97 Å². The van der Waals surface area contributed by atoms with Crippen LogP contribution in [0.25, 0.3) is 33.4 Å². The van der Waals surface area contributed by atoms with Crippen LogP contribution >= 0.6 is 0 Å². The fourth-order valence-electron chi connectivity index (χ4n) is 3.31. The highest BCUT2D eigenvalue weighted by atomic mass is 16.5. The summed E-state index contributed by atoms with van der Waals surface area (Å²) in [7, 11) is 1.39. The van der Waals surface area contributed by atoms with Crippen molar-refractivity contribution in [3.8, 4) is 33.4 Å². The standard InChI is InChI=1S/C26H20O2/c1-28-26(27)22-14-12-21(13-15-22)25-17-23(19-8-4-2-5-9-19)16-24(18-25)20-10-6-3-7-11-20/h2-18H,1H3.